The van der Waals surface area contributed by atoms with E-state index in [4.69, 9.17) is 0 Å². The molecule has 1 aliphatic rings. The van der Waals surface area contributed by atoms with E-state index in [2.05, 4.69) is 25.1 Å². The molecule has 142 valence electrons. The second kappa shape index (κ2) is 8.04. The number of carbonyl (C=O) groups is 1. The van der Waals surface area contributed by atoms with E-state index in [0.717, 1.165) is 37.7 Å². The highest BCUT2D eigenvalue weighted by Gasteiger charge is 2.18. The molecule has 6 nitrogen and oxygen atoms in total. The summed E-state index contributed by atoms with van der Waals surface area (Å²) in [6.45, 7) is 3.48. The van der Waals surface area contributed by atoms with Crippen molar-refractivity contribution in [2.24, 2.45) is 0 Å². The van der Waals surface area contributed by atoms with Gasteiger partial charge in [0, 0.05) is 32.4 Å². The van der Waals surface area contributed by atoms with Gasteiger partial charge >= 0.3 is 0 Å². The van der Waals surface area contributed by atoms with Gasteiger partial charge in [0.05, 0.1) is 17.4 Å². The van der Waals surface area contributed by atoms with Crippen LogP contribution in [0.25, 0.3) is 0 Å². The topological polar surface area (TPSA) is 61.4 Å². The molecule has 0 aliphatic carbocycles. The molecular formula is C21H20FN5O. The van der Waals surface area contributed by atoms with E-state index < -0.39 is 11.7 Å². The van der Waals surface area contributed by atoms with E-state index in [0.29, 0.717) is 5.82 Å². The summed E-state index contributed by atoms with van der Waals surface area (Å²) in [5, 5.41) is 2.63. The van der Waals surface area contributed by atoms with E-state index in [1.54, 1.807) is 30.6 Å². The van der Waals surface area contributed by atoms with Gasteiger partial charge in [-0.3, -0.25) is 4.79 Å². The van der Waals surface area contributed by atoms with Gasteiger partial charge in [0.25, 0.3) is 5.91 Å². The van der Waals surface area contributed by atoms with Crippen LogP contribution in [0.3, 0.4) is 0 Å². The molecule has 7 heteroatoms. The minimum absolute atomic E-state index is 0.000908. The lowest BCUT2D eigenvalue weighted by molar-refractivity contribution is 0.102. The third-order valence-corrected chi connectivity index (χ3v) is 4.73. The smallest absolute Gasteiger partial charge is 0.259 e. The molecule has 0 bridgehead atoms. The molecule has 0 saturated carbocycles. The number of piperazine rings is 1. The Morgan fingerprint density at radius 1 is 0.893 bits per heavy atom. The molecule has 3 aromatic rings. The number of halogens is 1. The predicted octanol–water partition coefficient (Wildman–Crippen LogP) is 3.19. The van der Waals surface area contributed by atoms with Crippen LogP contribution in [0.1, 0.15) is 10.4 Å². The summed E-state index contributed by atoms with van der Waals surface area (Å²) in [4.78, 5) is 25.4. The van der Waals surface area contributed by atoms with Crippen molar-refractivity contribution >= 4 is 23.2 Å². The maximum atomic E-state index is 13.7. The van der Waals surface area contributed by atoms with Crippen molar-refractivity contribution in [3.8, 4) is 0 Å². The number of nitrogens with zero attached hydrogens (tertiary/aromatic N) is 4. The second-order valence-electron chi connectivity index (χ2n) is 6.50. The Labute approximate surface area is 162 Å². The Kier molecular flexibility index (Phi) is 5.14. The van der Waals surface area contributed by atoms with Crippen LogP contribution in [0.4, 0.5) is 21.7 Å². The van der Waals surface area contributed by atoms with Crippen molar-refractivity contribution in [2.45, 2.75) is 0 Å². The summed E-state index contributed by atoms with van der Waals surface area (Å²) in [6.07, 6.45) is 3.54. The molecule has 3 heterocycles. The van der Waals surface area contributed by atoms with Gasteiger partial charge in [-0.25, -0.2) is 14.4 Å². The predicted molar refractivity (Wildman–Crippen MR) is 107 cm³/mol. The minimum atomic E-state index is -0.553. The highest BCUT2D eigenvalue weighted by atomic mass is 19.1. The summed E-state index contributed by atoms with van der Waals surface area (Å²) < 4.78 is 13.7. The van der Waals surface area contributed by atoms with Gasteiger partial charge < -0.3 is 15.1 Å². The number of aromatic nitrogens is 2. The highest BCUT2D eigenvalue weighted by molar-refractivity contribution is 6.03. The summed E-state index contributed by atoms with van der Waals surface area (Å²) >= 11 is 0. The van der Waals surface area contributed by atoms with Crippen molar-refractivity contribution in [3.05, 3.63) is 78.4 Å². The lowest BCUT2D eigenvalue weighted by Crippen LogP contribution is -2.46. The normalized spacial score (nSPS) is 14.0. The maximum Gasteiger partial charge on any atom is 0.259 e. The third-order valence-electron chi connectivity index (χ3n) is 4.73. The van der Waals surface area contributed by atoms with Crippen LogP contribution in [-0.2, 0) is 0 Å². The summed E-state index contributed by atoms with van der Waals surface area (Å²) in [7, 11) is 0. The molecule has 28 heavy (non-hydrogen) atoms. The number of anilines is 3. The Morgan fingerprint density at radius 3 is 2.32 bits per heavy atom. The monoisotopic (exact) mass is 377 g/mol. The molecule has 0 unspecified atom stereocenters. The van der Waals surface area contributed by atoms with E-state index in [9.17, 15) is 9.18 Å². The Morgan fingerprint density at radius 2 is 1.64 bits per heavy atom. The fraction of sp³-hybridized carbons (Fsp3) is 0.190. The zero-order chi connectivity index (χ0) is 19.3. The number of carbonyl (C=O) groups excluding carboxylic acids is 1. The molecule has 1 N–H and O–H groups in total. The second-order valence-corrected chi connectivity index (χ2v) is 6.50. The summed E-state index contributed by atoms with van der Waals surface area (Å²) in [6, 6.07) is 15.5. The first-order valence-corrected chi connectivity index (χ1v) is 9.13. The van der Waals surface area contributed by atoms with Crippen molar-refractivity contribution in [2.75, 3.05) is 41.3 Å². The van der Waals surface area contributed by atoms with Crippen molar-refractivity contribution < 1.29 is 9.18 Å². The zero-order valence-corrected chi connectivity index (χ0v) is 15.3. The van der Waals surface area contributed by atoms with Crippen LogP contribution in [0.2, 0.25) is 0 Å². The van der Waals surface area contributed by atoms with Gasteiger partial charge in [0.1, 0.15) is 17.5 Å². The first kappa shape index (κ1) is 17.9. The highest BCUT2D eigenvalue weighted by Crippen LogP contribution is 2.20. The molecule has 4 rings (SSSR count). The molecule has 0 atom stereocenters. The van der Waals surface area contributed by atoms with Gasteiger partial charge in [0.15, 0.2) is 0 Å². The number of pyridine rings is 2. The van der Waals surface area contributed by atoms with Gasteiger partial charge in [-0.05, 0) is 36.4 Å². The average Bonchev–Trinajstić information content (AvgIpc) is 2.75. The Balaban J connectivity index is 1.36. The standard InChI is InChI=1S/C21H20FN5O/c22-18-6-2-1-5-17(18)21(28)25-19-9-8-16(15-24-19)26-11-13-27(14-12-26)20-7-3-4-10-23-20/h1-10,15H,11-14H2,(H,24,25,28). The van der Waals surface area contributed by atoms with Crippen LogP contribution in [-0.4, -0.2) is 42.1 Å². The number of benzene rings is 1. The summed E-state index contributed by atoms with van der Waals surface area (Å²) in [5.41, 5.74) is 0.989. The quantitative estimate of drug-likeness (QED) is 0.757. The molecule has 1 aliphatic heterocycles. The largest absolute Gasteiger partial charge is 0.367 e. The number of amides is 1. The Hall–Kier alpha value is -3.48. The van der Waals surface area contributed by atoms with Crippen LogP contribution in [0.5, 0.6) is 0 Å². The van der Waals surface area contributed by atoms with Crippen molar-refractivity contribution in [3.63, 3.8) is 0 Å². The lowest BCUT2D eigenvalue weighted by atomic mass is 10.2. The molecule has 1 saturated heterocycles. The van der Waals surface area contributed by atoms with Crippen LogP contribution >= 0.6 is 0 Å². The van der Waals surface area contributed by atoms with E-state index in [-0.39, 0.29) is 5.56 Å². The van der Waals surface area contributed by atoms with Crippen molar-refractivity contribution in [1.82, 2.24) is 9.97 Å². The maximum absolute atomic E-state index is 13.7. The van der Waals surface area contributed by atoms with Crippen LogP contribution in [0, 0.1) is 5.82 Å². The van der Waals surface area contributed by atoms with Gasteiger partial charge in [-0.2, -0.15) is 0 Å². The zero-order valence-electron chi connectivity index (χ0n) is 15.3. The first-order valence-electron chi connectivity index (χ1n) is 9.13. The van der Waals surface area contributed by atoms with Gasteiger partial charge in [-0.1, -0.05) is 18.2 Å². The molecule has 1 amide bonds. The van der Waals surface area contributed by atoms with E-state index in [1.165, 1.54) is 12.1 Å². The number of hydrogen-bond donors (Lipinski definition) is 1. The van der Waals surface area contributed by atoms with Gasteiger partial charge in [0.2, 0.25) is 0 Å². The third kappa shape index (κ3) is 3.93. The van der Waals surface area contributed by atoms with E-state index in [1.807, 2.05) is 24.3 Å². The average molecular weight is 377 g/mol. The molecule has 1 fully saturated rings. The molecule has 2 aromatic heterocycles. The fourth-order valence-corrected chi connectivity index (χ4v) is 3.21. The molecule has 0 spiro atoms. The number of hydrogen-bond acceptors (Lipinski definition) is 5. The Bertz CT molecular complexity index is 941. The SMILES string of the molecule is O=C(Nc1ccc(N2CCN(c3ccccn3)CC2)cn1)c1ccccc1F. The van der Waals surface area contributed by atoms with E-state index >= 15 is 0 Å². The minimum Gasteiger partial charge on any atom is -0.367 e. The molecule has 1 aromatic carbocycles. The first-order chi connectivity index (χ1) is 13.7. The van der Waals surface area contributed by atoms with Crippen molar-refractivity contribution in [1.29, 1.82) is 0 Å². The molecule has 0 radical (unpaired) electrons. The van der Waals surface area contributed by atoms with Crippen LogP contribution < -0.4 is 15.1 Å². The van der Waals surface area contributed by atoms with Crippen LogP contribution in [0.15, 0.2) is 67.0 Å². The number of rotatable bonds is 4. The molecular weight excluding hydrogens is 357 g/mol. The summed E-state index contributed by atoms with van der Waals surface area (Å²) in [5.74, 6) is 0.320. The van der Waals surface area contributed by atoms with Gasteiger partial charge in [-0.15, -0.1) is 0 Å². The fourth-order valence-electron chi connectivity index (χ4n) is 3.21. The lowest BCUT2D eigenvalue weighted by Gasteiger charge is -2.36. The number of nitrogens with one attached hydrogen (secondary N) is 1.